The van der Waals surface area contributed by atoms with Gasteiger partial charge in [0, 0.05) is 11.3 Å². The normalized spacial score (nSPS) is 17.2. The van der Waals surface area contributed by atoms with E-state index in [2.05, 4.69) is 10.6 Å². The lowest BCUT2D eigenvalue weighted by molar-refractivity contribution is -0.141. The van der Waals surface area contributed by atoms with Gasteiger partial charge in [-0.05, 0) is 43.3 Å². The van der Waals surface area contributed by atoms with Crippen LogP contribution in [0.3, 0.4) is 0 Å². The number of hydrogen-bond acceptors (Lipinski definition) is 5. The Balaban J connectivity index is 1.91. The highest BCUT2D eigenvalue weighted by Crippen LogP contribution is 2.23. The first-order chi connectivity index (χ1) is 10.2. The van der Waals surface area contributed by atoms with E-state index in [1.165, 1.54) is 18.4 Å². The highest BCUT2D eigenvalue weighted by Gasteiger charge is 2.22. The molecule has 0 saturated carbocycles. The average molecular weight is 310 g/mol. The predicted molar refractivity (Wildman–Crippen MR) is 82.0 cm³/mol. The van der Waals surface area contributed by atoms with E-state index < -0.39 is 0 Å². The quantitative estimate of drug-likeness (QED) is 0.787. The Morgan fingerprint density at radius 1 is 1.48 bits per heavy atom. The van der Waals surface area contributed by atoms with Crippen molar-refractivity contribution >= 4 is 23.2 Å². The van der Waals surface area contributed by atoms with Crippen LogP contribution >= 0.6 is 11.3 Å². The maximum absolute atomic E-state index is 12.2. The minimum absolute atomic E-state index is 0.0178. The van der Waals surface area contributed by atoms with Crippen molar-refractivity contribution in [3.05, 3.63) is 22.4 Å². The van der Waals surface area contributed by atoms with Crippen LogP contribution < -0.4 is 10.6 Å². The van der Waals surface area contributed by atoms with E-state index in [1.54, 1.807) is 0 Å². The molecule has 0 aliphatic carbocycles. The van der Waals surface area contributed by atoms with Crippen molar-refractivity contribution in [1.29, 1.82) is 0 Å². The standard InChI is InChI=1S/C15H22N2O3S/c1-20-15(19)10-12(13-3-2-8-21-13)17-14(18)9-11-4-6-16-7-5-11/h2-3,8,11-12,16H,4-7,9-10H2,1H3,(H,17,18). The van der Waals surface area contributed by atoms with Gasteiger partial charge in [0.1, 0.15) is 0 Å². The van der Waals surface area contributed by atoms with Gasteiger partial charge in [0.05, 0.1) is 19.6 Å². The van der Waals surface area contributed by atoms with Crippen molar-refractivity contribution in [2.45, 2.75) is 31.7 Å². The van der Waals surface area contributed by atoms with Crippen LogP contribution in [0.25, 0.3) is 0 Å². The van der Waals surface area contributed by atoms with Crippen LogP contribution in [-0.2, 0) is 14.3 Å². The summed E-state index contributed by atoms with van der Waals surface area (Å²) in [4.78, 5) is 24.7. The fourth-order valence-electron chi connectivity index (χ4n) is 2.56. The Morgan fingerprint density at radius 2 is 2.24 bits per heavy atom. The summed E-state index contributed by atoms with van der Waals surface area (Å²) in [5.74, 6) is 0.146. The second kappa shape index (κ2) is 8.14. The van der Waals surface area contributed by atoms with Crippen molar-refractivity contribution in [2.24, 2.45) is 5.92 Å². The van der Waals surface area contributed by atoms with Gasteiger partial charge in [-0.2, -0.15) is 0 Å². The fraction of sp³-hybridized carbons (Fsp3) is 0.600. The number of carbonyl (C=O) groups excluding carboxylic acids is 2. The van der Waals surface area contributed by atoms with E-state index in [0.717, 1.165) is 30.8 Å². The lowest BCUT2D eigenvalue weighted by Gasteiger charge is -2.23. The minimum Gasteiger partial charge on any atom is -0.469 e. The smallest absolute Gasteiger partial charge is 0.307 e. The molecule has 1 amide bonds. The van der Waals surface area contributed by atoms with Gasteiger partial charge in [-0.25, -0.2) is 0 Å². The lowest BCUT2D eigenvalue weighted by atomic mass is 9.94. The van der Waals surface area contributed by atoms with Crippen molar-refractivity contribution in [3.8, 4) is 0 Å². The Morgan fingerprint density at radius 3 is 2.86 bits per heavy atom. The Hall–Kier alpha value is -1.40. The van der Waals surface area contributed by atoms with E-state index in [1.807, 2.05) is 17.5 Å². The van der Waals surface area contributed by atoms with Crippen LogP contribution in [0.2, 0.25) is 0 Å². The number of rotatable bonds is 6. The van der Waals surface area contributed by atoms with Gasteiger partial charge in [-0.3, -0.25) is 9.59 Å². The molecule has 1 aromatic rings. The molecule has 21 heavy (non-hydrogen) atoms. The van der Waals surface area contributed by atoms with E-state index in [9.17, 15) is 9.59 Å². The molecule has 1 saturated heterocycles. The lowest BCUT2D eigenvalue weighted by Crippen LogP contribution is -2.34. The molecule has 1 aliphatic heterocycles. The van der Waals surface area contributed by atoms with Crippen LogP contribution in [0.5, 0.6) is 0 Å². The molecule has 1 unspecified atom stereocenters. The third-order valence-corrected chi connectivity index (χ3v) is 4.74. The number of nitrogens with one attached hydrogen (secondary N) is 2. The maximum Gasteiger partial charge on any atom is 0.307 e. The monoisotopic (exact) mass is 310 g/mol. The van der Waals surface area contributed by atoms with Crippen molar-refractivity contribution in [2.75, 3.05) is 20.2 Å². The topological polar surface area (TPSA) is 67.4 Å². The zero-order valence-corrected chi connectivity index (χ0v) is 13.1. The SMILES string of the molecule is COC(=O)CC(NC(=O)CC1CCNCC1)c1cccs1. The number of amides is 1. The number of methoxy groups -OCH3 is 1. The summed E-state index contributed by atoms with van der Waals surface area (Å²) in [5.41, 5.74) is 0. The number of piperidine rings is 1. The van der Waals surface area contributed by atoms with Gasteiger partial charge in [-0.15, -0.1) is 11.3 Å². The number of thiophene rings is 1. The van der Waals surface area contributed by atoms with E-state index >= 15 is 0 Å². The molecule has 6 heteroatoms. The van der Waals surface area contributed by atoms with Crippen LogP contribution in [-0.4, -0.2) is 32.1 Å². The molecule has 1 fully saturated rings. The predicted octanol–water partition coefficient (Wildman–Crippen LogP) is 1.86. The zero-order valence-electron chi connectivity index (χ0n) is 12.3. The highest BCUT2D eigenvalue weighted by atomic mass is 32.1. The fourth-order valence-corrected chi connectivity index (χ4v) is 3.34. The molecular weight excluding hydrogens is 288 g/mol. The Labute approximate surface area is 129 Å². The van der Waals surface area contributed by atoms with Gasteiger partial charge in [0.2, 0.25) is 5.91 Å². The first kappa shape index (κ1) is 16.0. The average Bonchev–Trinajstić information content (AvgIpc) is 3.01. The van der Waals surface area contributed by atoms with Crippen molar-refractivity contribution in [1.82, 2.24) is 10.6 Å². The summed E-state index contributed by atoms with van der Waals surface area (Å²) < 4.78 is 4.72. The Kier molecular flexibility index (Phi) is 6.20. The van der Waals surface area contributed by atoms with E-state index in [0.29, 0.717) is 12.3 Å². The number of esters is 1. The summed E-state index contributed by atoms with van der Waals surface area (Å²) in [6, 6.07) is 3.57. The van der Waals surface area contributed by atoms with E-state index in [4.69, 9.17) is 4.74 Å². The van der Waals surface area contributed by atoms with Gasteiger partial charge in [0.25, 0.3) is 0 Å². The molecule has 0 aromatic carbocycles. The summed E-state index contributed by atoms with van der Waals surface area (Å²) in [7, 11) is 1.37. The Bertz CT molecular complexity index is 455. The van der Waals surface area contributed by atoms with Crippen LogP contribution in [0.1, 0.15) is 36.6 Å². The molecule has 1 aromatic heterocycles. The van der Waals surface area contributed by atoms with Crippen molar-refractivity contribution < 1.29 is 14.3 Å². The molecule has 2 heterocycles. The molecule has 1 aliphatic rings. The molecule has 2 N–H and O–H groups in total. The molecule has 0 bridgehead atoms. The first-order valence-corrected chi connectivity index (χ1v) is 8.17. The van der Waals surface area contributed by atoms with Crippen molar-refractivity contribution in [3.63, 3.8) is 0 Å². The summed E-state index contributed by atoms with van der Waals surface area (Å²) in [6.07, 6.45) is 2.78. The number of hydrogen-bond donors (Lipinski definition) is 2. The van der Waals surface area contributed by atoms with Gasteiger partial charge in [-0.1, -0.05) is 6.07 Å². The molecule has 2 rings (SSSR count). The zero-order chi connectivity index (χ0) is 15.1. The third-order valence-electron chi connectivity index (χ3n) is 3.75. The third kappa shape index (κ3) is 5.13. The summed E-state index contributed by atoms with van der Waals surface area (Å²) >= 11 is 1.54. The van der Waals surface area contributed by atoms with E-state index in [-0.39, 0.29) is 24.3 Å². The van der Waals surface area contributed by atoms with Gasteiger partial charge < -0.3 is 15.4 Å². The maximum atomic E-state index is 12.2. The number of carbonyl (C=O) groups is 2. The minimum atomic E-state index is -0.310. The molecule has 1 atom stereocenters. The summed E-state index contributed by atoms with van der Waals surface area (Å²) in [6.45, 7) is 1.96. The second-order valence-corrected chi connectivity index (χ2v) is 6.29. The molecule has 5 nitrogen and oxygen atoms in total. The largest absolute Gasteiger partial charge is 0.469 e. The molecule has 0 radical (unpaired) electrons. The summed E-state index contributed by atoms with van der Waals surface area (Å²) in [5, 5.41) is 8.22. The van der Waals surface area contributed by atoms with Crippen LogP contribution in [0.15, 0.2) is 17.5 Å². The van der Waals surface area contributed by atoms with Crippen LogP contribution in [0.4, 0.5) is 0 Å². The van der Waals surface area contributed by atoms with Crippen LogP contribution in [0, 0.1) is 5.92 Å². The molecular formula is C15H22N2O3S. The molecule has 0 spiro atoms. The van der Waals surface area contributed by atoms with Gasteiger partial charge in [0.15, 0.2) is 0 Å². The number of ether oxygens (including phenoxy) is 1. The highest BCUT2D eigenvalue weighted by molar-refractivity contribution is 7.10. The van der Waals surface area contributed by atoms with Gasteiger partial charge >= 0.3 is 5.97 Å². The first-order valence-electron chi connectivity index (χ1n) is 7.29. The second-order valence-electron chi connectivity index (χ2n) is 5.31. The molecule has 116 valence electrons.